The van der Waals surface area contributed by atoms with Crippen LogP contribution in [-0.4, -0.2) is 18.1 Å². The molecule has 0 bridgehead atoms. The fourth-order valence-corrected chi connectivity index (χ4v) is 3.48. The third kappa shape index (κ3) is 3.74. The molecule has 4 aromatic rings. The molecule has 0 atom stereocenters. The molecule has 1 aromatic heterocycles. The van der Waals surface area contributed by atoms with Gasteiger partial charge < -0.3 is 9.47 Å². The third-order valence-electron chi connectivity index (χ3n) is 4.88. The average molecular weight is 401 g/mol. The molecule has 0 aliphatic carbocycles. The lowest BCUT2D eigenvalue weighted by molar-refractivity contribution is 0.0732. The van der Waals surface area contributed by atoms with Gasteiger partial charge in [0, 0.05) is 10.9 Å². The Hall–Kier alpha value is -3.73. The largest absolute Gasteiger partial charge is 0.493 e. The molecule has 0 aliphatic rings. The van der Waals surface area contributed by atoms with Crippen LogP contribution in [0.15, 0.2) is 66.7 Å². The second-order valence-electron chi connectivity index (χ2n) is 7.08. The Morgan fingerprint density at radius 1 is 0.933 bits per heavy atom. The minimum absolute atomic E-state index is 0.331. The van der Waals surface area contributed by atoms with Crippen LogP contribution >= 0.6 is 0 Å². The highest BCUT2D eigenvalue weighted by Crippen LogP contribution is 2.31. The Bertz CT molecular complexity index is 1250. The highest BCUT2D eigenvalue weighted by Gasteiger charge is 2.19. The number of aryl methyl sites for hydroxylation is 2. The van der Waals surface area contributed by atoms with Crippen LogP contribution in [0.25, 0.3) is 22.2 Å². The Balaban J connectivity index is 1.88. The van der Waals surface area contributed by atoms with Gasteiger partial charge in [0.05, 0.1) is 23.9 Å². The smallest absolute Gasteiger partial charge is 0.344 e. The van der Waals surface area contributed by atoms with Crippen LogP contribution in [0.2, 0.25) is 0 Å². The first kappa shape index (κ1) is 19.6. The summed E-state index contributed by atoms with van der Waals surface area (Å²) in [5.74, 6) is -0.0413. The van der Waals surface area contributed by atoms with Gasteiger partial charge in [-0.1, -0.05) is 23.8 Å². The summed E-state index contributed by atoms with van der Waals surface area (Å²) >= 11 is 0. The number of carbonyl (C=O) groups excluding carboxylic acids is 1. The van der Waals surface area contributed by atoms with Crippen molar-refractivity contribution in [2.75, 3.05) is 7.11 Å². The zero-order valence-electron chi connectivity index (χ0n) is 16.9. The van der Waals surface area contributed by atoms with Crippen LogP contribution in [0.3, 0.4) is 0 Å². The molecular weight excluding hydrogens is 381 g/mol. The van der Waals surface area contributed by atoms with Gasteiger partial charge in [0.2, 0.25) is 0 Å². The van der Waals surface area contributed by atoms with Crippen LogP contribution in [-0.2, 0) is 0 Å². The molecule has 0 amide bonds. The molecule has 0 spiro atoms. The number of fused-ring (bicyclic) bond motifs is 1. The van der Waals surface area contributed by atoms with E-state index >= 15 is 0 Å². The fraction of sp³-hybridized carbons (Fsp3) is 0.120. The normalized spacial score (nSPS) is 10.8. The van der Waals surface area contributed by atoms with Gasteiger partial charge in [-0.15, -0.1) is 0 Å². The van der Waals surface area contributed by atoms with Gasteiger partial charge in [0.1, 0.15) is 5.82 Å². The first-order chi connectivity index (χ1) is 14.5. The van der Waals surface area contributed by atoms with E-state index in [4.69, 9.17) is 14.5 Å². The van der Waals surface area contributed by atoms with E-state index in [1.807, 2.05) is 26.0 Å². The first-order valence-electron chi connectivity index (χ1n) is 9.49. The van der Waals surface area contributed by atoms with Crippen LogP contribution in [0, 0.1) is 19.7 Å². The molecule has 3 aromatic carbocycles. The number of carbonyl (C=O) groups is 1. The van der Waals surface area contributed by atoms with Crippen molar-refractivity contribution in [3.05, 3.63) is 89.2 Å². The minimum Gasteiger partial charge on any atom is -0.493 e. The van der Waals surface area contributed by atoms with Crippen LogP contribution < -0.4 is 9.47 Å². The van der Waals surface area contributed by atoms with Crippen LogP contribution in [0.5, 0.6) is 11.5 Å². The van der Waals surface area contributed by atoms with Crippen molar-refractivity contribution in [2.45, 2.75) is 13.8 Å². The maximum Gasteiger partial charge on any atom is 0.344 e. The number of hydrogen-bond acceptors (Lipinski definition) is 4. The molecule has 150 valence electrons. The van der Waals surface area contributed by atoms with Crippen molar-refractivity contribution in [3.8, 4) is 22.8 Å². The second-order valence-corrected chi connectivity index (χ2v) is 7.08. The number of nitrogens with zero attached hydrogens (tertiary/aromatic N) is 1. The van der Waals surface area contributed by atoms with Gasteiger partial charge in [0.15, 0.2) is 11.5 Å². The van der Waals surface area contributed by atoms with Gasteiger partial charge in [-0.25, -0.2) is 14.2 Å². The van der Waals surface area contributed by atoms with Crippen molar-refractivity contribution in [1.29, 1.82) is 0 Å². The second kappa shape index (κ2) is 7.95. The average Bonchev–Trinajstić information content (AvgIpc) is 2.74. The van der Waals surface area contributed by atoms with E-state index in [1.165, 1.54) is 19.2 Å². The van der Waals surface area contributed by atoms with Gasteiger partial charge in [-0.2, -0.15) is 0 Å². The number of ether oxygens (including phenoxy) is 2. The van der Waals surface area contributed by atoms with Gasteiger partial charge in [-0.3, -0.25) is 0 Å². The predicted octanol–water partition coefficient (Wildman–Crippen LogP) is 5.89. The number of hydrogen-bond donors (Lipinski definition) is 0. The van der Waals surface area contributed by atoms with E-state index in [0.29, 0.717) is 39.2 Å². The summed E-state index contributed by atoms with van der Waals surface area (Å²) < 4.78 is 24.3. The molecule has 5 heteroatoms. The van der Waals surface area contributed by atoms with E-state index in [-0.39, 0.29) is 5.82 Å². The molecular formula is C25H20FNO3. The zero-order valence-corrected chi connectivity index (χ0v) is 16.9. The zero-order chi connectivity index (χ0) is 21.3. The number of para-hydroxylation sites is 2. The Morgan fingerprint density at radius 3 is 2.33 bits per heavy atom. The SMILES string of the molecule is COc1ccccc1OC(=O)c1cc(-c2ccc(F)cc2)nc2c(C)cc(C)cc12. The summed E-state index contributed by atoms with van der Waals surface area (Å²) in [6, 6.07) is 18.6. The van der Waals surface area contributed by atoms with E-state index in [1.54, 1.807) is 42.5 Å². The predicted molar refractivity (Wildman–Crippen MR) is 115 cm³/mol. The summed E-state index contributed by atoms with van der Waals surface area (Å²) in [7, 11) is 1.52. The summed E-state index contributed by atoms with van der Waals surface area (Å²) in [5.41, 5.74) is 4.33. The number of aromatic nitrogens is 1. The lowest BCUT2D eigenvalue weighted by Crippen LogP contribution is -2.11. The maximum atomic E-state index is 13.4. The van der Waals surface area contributed by atoms with Crippen LogP contribution in [0.1, 0.15) is 21.5 Å². The third-order valence-corrected chi connectivity index (χ3v) is 4.88. The van der Waals surface area contributed by atoms with Crippen molar-refractivity contribution in [3.63, 3.8) is 0 Å². The van der Waals surface area contributed by atoms with Crippen molar-refractivity contribution in [2.24, 2.45) is 0 Å². The Morgan fingerprint density at radius 2 is 1.63 bits per heavy atom. The van der Waals surface area contributed by atoms with Crippen molar-refractivity contribution < 1.29 is 18.7 Å². The fourth-order valence-electron chi connectivity index (χ4n) is 3.48. The molecule has 4 rings (SSSR count). The quantitative estimate of drug-likeness (QED) is 0.316. The molecule has 0 fully saturated rings. The monoisotopic (exact) mass is 401 g/mol. The molecule has 0 N–H and O–H groups in total. The molecule has 4 nitrogen and oxygen atoms in total. The topological polar surface area (TPSA) is 48.4 Å². The van der Waals surface area contributed by atoms with Gasteiger partial charge in [-0.05, 0) is 67.9 Å². The van der Waals surface area contributed by atoms with Crippen molar-refractivity contribution in [1.82, 2.24) is 4.98 Å². The lowest BCUT2D eigenvalue weighted by Gasteiger charge is -2.13. The number of halogens is 1. The highest BCUT2D eigenvalue weighted by molar-refractivity contribution is 6.06. The summed E-state index contributed by atoms with van der Waals surface area (Å²) in [4.78, 5) is 17.9. The van der Waals surface area contributed by atoms with Crippen molar-refractivity contribution >= 4 is 16.9 Å². The standard InChI is InChI=1S/C25H20FNO3/c1-15-12-16(2)24-19(13-15)20(14-21(27-24)17-8-10-18(26)11-9-17)25(28)30-23-7-5-4-6-22(23)29-3/h4-14H,1-3H3. The van der Waals surface area contributed by atoms with E-state index in [2.05, 4.69) is 0 Å². The van der Waals surface area contributed by atoms with Gasteiger partial charge in [0.25, 0.3) is 0 Å². The maximum absolute atomic E-state index is 13.4. The highest BCUT2D eigenvalue weighted by atomic mass is 19.1. The summed E-state index contributed by atoms with van der Waals surface area (Å²) in [6.45, 7) is 3.92. The molecule has 30 heavy (non-hydrogen) atoms. The number of rotatable bonds is 4. The first-order valence-corrected chi connectivity index (χ1v) is 9.49. The van der Waals surface area contributed by atoms with E-state index < -0.39 is 5.97 Å². The lowest BCUT2D eigenvalue weighted by atomic mass is 10.00. The minimum atomic E-state index is -0.514. The number of esters is 1. The summed E-state index contributed by atoms with van der Waals surface area (Å²) in [6.07, 6.45) is 0. The molecule has 0 saturated heterocycles. The molecule has 0 saturated carbocycles. The molecule has 0 radical (unpaired) electrons. The molecule has 0 aliphatic heterocycles. The number of pyridine rings is 1. The number of benzene rings is 3. The van der Waals surface area contributed by atoms with E-state index in [9.17, 15) is 9.18 Å². The molecule has 0 unspecified atom stereocenters. The Kier molecular flexibility index (Phi) is 5.19. The number of methoxy groups -OCH3 is 1. The molecule has 1 heterocycles. The van der Waals surface area contributed by atoms with E-state index in [0.717, 1.165) is 11.1 Å². The summed E-state index contributed by atoms with van der Waals surface area (Å²) in [5, 5.41) is 0.707. The van der Waals surface area contributed by atoms with Crippen LogP contribution in [0.4, 0.5) is 4.39 Å². The Labute approximate surface area is 173 Å². The van der Waals surface area contributed by atoms with Gasteiger partial charge >= 0.3 is 5.97 Å².